The Kier molecular flexibility index (Phi) is 5.11. The van der Waals surface area contributed by atoms with Gasteiger partial charge in [-0.2, -0.15) is 0 Å². The smallest absolute Gasteiger partial charge is 0.0717 e. The Morgan fingerprint density at radius 2 is 1.91 bits per heavy atom. The summed E-state index contributed by atoms with van der Waals surface area (Å²) >= 11 is 5.73. The molecule has 0 saturated heterocycles. The maximum absolute atomic E-state index is 5.73. The van der Waals surface area contributed by atoms with Gasteiger partial charge in [0.2, 0.25) is 0 Å². The first-order valence-corrected chi connectivity index (χ1v) is 4.77. The van der Waals surface area contributed by atoms with E-state index in [0.717, 1.165) is 12.8 Å². The number of hydrogen-bond donors (Lipinski definition) is 0. The normalized spacial score (nSPS) is 15.0. The molecular formula is C9H19ClO. The summed E-state index contributed by atoms with van der Waals surface area (Å²) in [5, 5.41) is 0. The Bertz CT molecular complexity index is 96.2. The van der Waals surface area contributed by atoms with Crippen molar-refractivity contribution in [1.82, 2.24) is 0 Å². The van der Waals surface area contributed by atoms with E-state index in [9.17, 15) is 0 Å². The zero-order valence-corrected chi connectivity index (χ0v) is 8.74. The highest BCUT2D eigenvalue weighted by Crippen LogP contribution is 2.15. The van der Waals surface area contributed by atoms with Crippen LogP contribution in [0.3, 0.4) is 0 Å². The van der Waals surface area contributed by atoms with Gasteiger partial charge in [-0.05, 0) is 27.2 Å². The summed E-state index contributed by atoms with van der Waals surface area (Å²) in [6.45, 7) is 8.32. The zero-order chi connectivity index (χ0) is 8.91. The number of hydrogen-bond acceptors (Lipinski definition) is 1. The topological polar surface area (TPSA) is 9.23 Å². The molecule has 0 aromatic carbocycles. The van der Waals surface area contributed by atoms with Gasteiger partial charge in [0.15, 0.2) is 0 Å². The largest absolute Gasteiger partial charge is 0.371 e. The lowest BCUT2D eigenvalue weighted by Crippen LogP contribution is -2.28. The van der Waals surface area contributed by atoms with Gasteiger partial charge in [-0.3, -0.25) is 0 Å². The molecule has 11 heavy (non-hydrogen) atoms. The molecule has 0 saturated carbocycles. The van der Waals surface area contributed by atoms with E-state index >= 15 is 0 Å². The Morgan fingerprint density at radius 1 is 1.36 bits per heavy atom. The van der Waals surface area contributed by atoms with Gasteiger partial charge in [0.1, 0.15) is 0 Å². The minimum atomic E-state index is -0.0608. The highest BCUT2D eigenvalue weighted by atomic mass is 35.5. The van der Waals surface area contributed by atoms with Crippen molar-refractivity contribution in [1.29, 1.82) is 0 Å². The molecule has 0 amide bonds. The van der Waals surface area contributed by atoms with Crippen molar-refractivity contribution in [3.8, 4) is 0 Å². The SMILES string of the molecule is CCCC(CCl)OC(C)(C)C. The third-order valence-corrected chi connectivity index (χ3v) is 1.65. The zero-order valence-electron chi connectivity index (χ0n) is 7.98. The monoisotopic (exact) mass is 178 g/mol. The fourth-order valence-electron chi connectivity index (χ4n) is 0.990. The van der Waals surface area contributed by atoms with Crippen LogP contribution in [0.5, 0.6) is 0 Å². The van der Waals surface area contributed by atoms with Gasteiger partial charge in [0.05, 0.1) is 11.7 Å². The number of ether oxygens (including phenoxy) is 1. The standard InChI is InChI=1S/C9H19ClO/c1-5-6-8(7-10)11-9(2,3)4/h8H,5-7H2,1-4H3. The number of rotatable bonds is 4. The van der Waals surface area contributed by atoms with Gasteiger partial charge in [-0.15, -0.1) is 11.6 Å². The van der Waals surface area contributed by atoms with Crippen molar-refractivity contribution < 1.29 is 4.74 Å². The Hall–Kier alpha value is 0.250. The molecule has 1 nitrogen and oxygen atoms in total. The first kappa shape index (κ1) is 11.2. The van der Waals surface area contributed by atoms with Gasteiger partial charge >= 0.3 is 0 Å². The highest BCUT2D eigenvalue weighted by molar-refractivity contribution is 6.18. The predicted octanol–water partition coefficient (Wildman–Crippen LogP) is 3.21. The maximum Gasteiger partial charge on any atom is 0.0717 e. The highest BCUT2D eigenvalue weighted by Gasteiger charge is 2.16. The molecule has 68 valence electrons. The van der Waals surface area contributed by atoms with E-state index in [-0.39, 0.29) is 11.7 Å². The Morgan fingerprint density at radius 3 is 2.18 bits per heavy atom. The summed E-state index contributed by atoms with van der Waals surface area (Å²) in [6, 6.07) is 0. The number of alkyl halides is 1. The molecule has 1 unspecified atom stereocenters. The molecule has 0 aliphatic carbocycles. The van der Waals surface area contributed by atoms with Crippen LogP contribution in [0.2, 0.25) is 0 Å². The molecule has 0 N–H and O–H groups in total. The van der Waals surface area contributed by atoms with Crippen LogP contribution in [0.15, 0.2) is 0 Å². The van der Waals surface area contributed by atoms with E-state index in [1.165, 1.54) is 0 Å². The van der Waals surface area contributed by atoms with Crippen LogP contribution in [0.4, 0.5) is 0 Å². The van der Waals surface area contributed by atoms with E-state index in [0.29, 0.717) is 5.88 Å². The molecule has 0 rings (SSSR count). The van der Waals surface area contributed by atoms with Gasteiger partial charge in [0.25, 0.3) is 0 Å². The van der Waals surface area contributed by atoms with Crippen LogP contribution in [-0.4, -0.2) is 17.6 Å². The predicted molar refractivity (Wildman–Crippen MR) is 50.3 cm³/mol. The lowest BCUT2D eigenvalue weighted by atomic mass is 10.1. The van der Waals surface area contributed by atoms with E-state index < -0.39 is 0 Å². The molecule has 0 fully saturated rings. The van der Waals surface area contributed by atoms with Gasteiger partial charge in [0, 0.05) is 5.88 Å². The Labute approximate surface area is 75.1 Å². The van der Waals surface area contributed by atoms with Crippen LogP contribution in [0, 0.1) is 0 Å². The molecule has 0 aromatic rings. The van der Waals surface area contributed by atoms with Crippen LogP contribution in [0.25, 0.3) is 0 Å². The van der Waals surface area contributed by atoms with Gasteiger partial charge < -0.3 is 4.74 Å². The molecule has 0 aliphatic heterocycles. The lowest BCUT2D eigenvalue weighted by molar-refractivity contribution is -0.0526. The number of halogens is 1. The third kappa shape index (κ3) is 6.64. The van der Waals surface area contributed by atoms with Crippen LogP contribution >= 0.6 is 11.6 Å². The van der Waals surface area contributed by atoms with E-state index in [2.05, 4.69) is 27.7 Å². The average molecular weight is 179 g/mol. The van der Waals surface area contributed by atoms with E-state index in [1.807, 2.05) is 0 Å². The van der Waals surface area contributed by atoms with Crippen molar-refractivity contribution in [2.75, 3.05) is 5.88 Å². The van der Waals surface area contributed by atoms with Crippen LogP contribution < -0.4 is 0 Å². The van der Waals surface area contributed by atoms with Crippen molar-refractivity contribution in [2.24, 2.45) is 0 Å². The van der Waals surface area contributed by atoms with Crippen molar-refractivity contribution >= 4 is 11.6 Å². The minimum Gasteiger partial charge on any atom is -0.371 e. The summed E-state index contributed by atoms with van der Waals surface area (Å²) in [5.41, 5.74) is -0.0608. The van der Waals surface area contributed by atoms with Crippen LogP contribution in [-0.2, 0) is 4.74 Å². The second kappa shape index (κ2) is 5.00. The summed E-state index contributed by atoms with van der Waals surface area (Å²) in [5.74, 6) is 0.602. The maximum atomic E-state index is 5.73. The second-order valence-corrected chi connectivity index (χ2v) is 4.10. The molecule has 0 heterocycles. The fraction of sp³-hybridized carbons (Fsp3) is 1.00. The Balaban J connectivity index is 3.68. The summed E-state index contributed by atoms with van der Waals surface area (Å²) < 4.78 is 5.70. The second-order valence-electron chi connectivity index (χ2n) is 3.80. The molecule has 1 atom stereocenters. The summed E-state index contributed by atoms with van der Waals surface area (Å²) in [7, 11) is 0. The first-order chi connectivity index (χ1) is 4.99. The third-order valence-electron chi connectivity index (χ3n) is 1.30. The average Bonchev–Trinajstić information content (AvgIpc) is 1.84. The quantitative estimate of drug-likeness (QED) is 0.601. The minimum absolute atomic E-state index is 0.0608. The van der Waals surface area contributed by atoms with Gasteiger partial charge in [-0.1, -0.05) is 13.3 Å². The molecule has 0 aromatic heterocycles. The molecule has 0 bridgehead atoms. The van der Waals surface area contributed by atoms with Crippen molar-refractivity contribution in [3.05, 3.63) is 0 Å². The molecular weight excluding hydrogens is 160 g/mol. The molecule has 0 radical (unpaired) electrons. The van der Waals surface area contributed by atoms with E-state index in [4.69, 9.17) is 16.3 Å². The van der Waals surface area contributed by atoms with Gasteiger partial charge in [-0.25, -0.2) is 0 Å². The molecule has 0 spiro atoms. The van der Waals surface area contributed by atoms with E-state index in [1.54, 1.807) is 0 Å². The summed E-state index contributed by atoms with van der Waals surface area (Å²) in [6.07, 6.45) is 2.41. The van der Waals surface area contributed by atoms with Crippen LogP contribution in [0.1, 0.15) is 40.5 Å². The molecule has 2 heteroatoms. The lowest BCUT2D eigenvalue weighted by Gasteiger charge is -2.25. The van der Waals surface area contributed by atoms with Crippen molar-refractivity contribution in [2.45, 2.75) is 52.2 Å². The first-order valence-electron chi connectivity index (χ1n) is 4.23. The fourth-order valence-corrected chi connectivity index (χ4v) is 1.21. The molecule has 0 aliphatic rings. The summed E-state index contributed by atoms with van der Waals surface area (Å²) in [4.78, 5) is 0. The van der Waals surface area contributed by atoms with Crippen molar-refractivity contribution in [3.63, 3.8) is 0 Å².